The van der Waals surface area contributed by atoms with Crippen molar-refractivity contribution in [1.29, 1.82) is 0 Å². The minimum Gasteiger partial charge on any atom is -0.489 e. The Hall–Kier alpha value is -1.97. The van der Waals surface area contributed by atoms with Gasteiger partial charge in [0.25, 0.3) is 0 Å². The number of hydrogen-bond donors (Lipinski definition) is 0. The van der Waals surface area contributed by atoms with Gasteiger partial charge in [-0.15, -0.1) is 0 Å². The van der Waals surface area contributed by atoms with Crippen molar-refractivity contribution >= 4 is 34.2 Å². The van der Waals surface area contributed by atoms with Crippen LogP contribution in [-0.4, -0.2) is 0 Å². The summed E-state index contributed by atoms with van der Waals surface area (Å²) in [6, 6.07) is 11.0. The number of hydrogen-bond acceptors (Lipinski definition) is 3. The average Bonchev–Trinajstić information content (AvgIpc) is 2.87. The number of benzene rings is 2. The van der Waals surface area contributed by atoms with Gasteiger partial charge in [0.05, 0.1) is 0 Å². The molecule has 4 rings (SSSR count). The van der Waals surface area contributed by atoms with Crippen LogP contribution in [0, 0.1) is 0 Å². The van der Waals surface area contributed by atoms with E-state index in [9.17, 15) is 4.79 Å². The zero-order valence-electron chi connectivity index (χ0n) is 14.2. The number of fused-ring (bicyclic) bond motifs is 3. The lowest BCUT2D eigenvalue weighted by molar-refractivity contribution is 0.306. The van der Waals surface area contributed by atoms with Crippen molar-refractivity contribution in [3.63, 3.8) is 0 Å². The Morgan fingerprint density at radius 3 is 2.58 bits per heavy atom. The molecule has 0 bridgehead atoms. The lowest BCUT2D eigenvalue weighted by atomic mass is 10.0. The lowest BCUT2D eigenvalue weighted by Gasteiger charge is -2.11. The highest BCUT2D eigenvalue weighted by atomic mass is 35.5. The van der Waals surface area contributed by atoms with Gasteiger partial charge in [-0.25, -0.2) is 4.79 Å². The highest BCUT2D eigenvalue weighted by Gasteiger charge is 2.17. The van der Waals surface area contributed by atoms with Crippen molar-refractivity contribution in [1.82, 2.24) is 0 Å². The maximum absolute atomic E-state index is 12.4. The second kappa shape index (κ2) is 7.34. The van der Waals surface area contributed by atoms with Crippen LogP contribution in [0.25, 0.3) is 11.0 Å². The van der Waals surface area contributed by atoms with Crippen LogP contribution in [0.2, 0.25) is 10.0 Å². The van der Waals surface area contributed by atoms with Gasteiger partial charge in [0.1, 0.15) is 17.9 Å². The highest BCUT2D eigenvalue weighted by molar-refractivity contribution is 6.35. The Labute approximate surface area is 161 Å². The summed E-state index contributed by atoms with van der Waals surface area (Å²) < 4.78 is 11.4. The summed E-state index contributed by atoms with van der Waals surface area (Å²) >= 11 is 12.1. The molecule has 3 nitrogen and oxygen atoms in total. The second-order valence-corrected chi connectivity index (χ2v) is 7.43. The van der Waals surface area contributed by atoms with Gasteiger partial charge in [0, 0.05) is 32.6 Å². The second-order valence-electron chi connectivity index (χ2n) is 6.59. The Balaban J connectivity index is 1.64. The topological polar surface area (TPSA) is 39.4 Å². The molecule has 0 saturated heterocycles. The minimum atomic E-state index is -0.215. The van der Waals surface area contributed by atoms with E-state index in [0.29, 0.717) is 28.0 Å². The first kappa shape index (κ1) is 17.4. The third-order valence-electron chi connectivity index (χ3n) is 4.85. The van der Waals surface area contributed by atoms with E-state index in [1.807, 2.05) is 18.2 Å². The molecule has 0 amide bonds. The molecule has 1 aromatic heterocycles. The van der Waals surface area contributed by atoms with E-state index in [1.54, 1.807) is 18.2 Å². The highest BCUT2D eigenvalue weighted by Crippen LogP contribution is 2.29. The summed E-state index contributed by atoms with van der Waals surface area (Å²) in [4.78, 5) is 12.4. The fourth-order valence-corrected chi connectivity index (χ4v) is 3.96. The van der Waals surface area contributed by atoms with Crippen molar-refractivity contribution in [2.45, 2.75) is 38.7 Å². The lowest BCUT2D eigenvalue weighted by Crippen LogP contribution is -2.10. The Bertz CT molecular complexity index is 1020. The van der Waals surface area contributed by atoms with Crippen LogP contribution in [0.5, 0.6) is 5.75 Å². The van der Waals surface area contributed by atoms with Gasteiger partial charge >= 0.3 is 5.63 Å². The van der Waals surface area contributed by atoms with Crippen LogP contribution in [0.1, 0.15) is 36.0 Å². The van der Waals surface area contributed by atoms with E-state index in [1.165, 1.54) is 0 Å². The van der Waals surface area contributed by atoms with Crippen LogP contribution in [-0.2, 0) is 19.4 Å². The Morgan fingerprint density at radius 2 is 1.77 bits per heavy atom. The van der Waals surface area contributed by atoms with E-state index >= 15 is 0 Å². The summed E-state index contributed by atoms with van der Waals surface area (Å²) in [7, 11) is 0. The first-order chi connectivity index (χ1) is 12.6. The molecule has 3 aromatic rings. The zero-order chi connectivity index (χ0) is 18.1. The normalized spacial score (nSPS) is 14.1. The van der Waals surface area contributed by atoms with Gasteiger partial charge < -0.3 is 9.15 Å². The fraction of sp³-hybridized carbons (Fsp3) is 0.286. The fourth-order valence-electron chi connectivity index (χ4n) is 3.49. The third kappa shape index (κ3) is 3.46. The molecule has 0 fully saturated rings. The zero-order valence-corrected chi connectivity index (χ0v) is 15.7. The number of halogens is 2. The van der Waals surface area contributed by atoms with E-state index in [4.69, 9.17) is 32.4 Å². The van der Waals surface area contributed by atoms with Crippen molar-refractivity contribution in [3.05, 3.63) is 73.6 Å². The van der Waals surface area contributed by atoms with Gasteiger partial charge in [-0.05, 0) is 55.5 Å². The maximum atomic E-state index is 12.4. The molecule has 134 valence electrons. The molecule has 0 aliphatic heterocycles. The Morgan fingerprint density at radius 1 is 0.962 bits per heavy atom. The van der Waals surface area contributed by atoms with E-state index < -0.39 is 0 Å². The molecule has 1 aliphatic rings. The molecule has 5 heteroatoms. The first-order valence-corrected chi connectivity index (χ1v) is 9.53. The van der Waals surface area contributed by atoms with E-state index in [2.05, 4.69) is 0 Å². The van der Waals surface area contributed by atoms with Crippen molar-refractivity contribution in [3.8, 4) is 5.75 Å². The van der Waals surface area contributed by atoms with Crippen LogP contribution >= 0.6 is 23.2 Å². The minimum absolute atomic E-state index is 0.215. The number of ether oxygens (including phenoxy) is 1. The van der Waals surface area contributed by atoms with E-state index in [-0.39, 0.29) is 5.63 Å². The molecule has 0 radical (unpaired) electrons. The van der Waals surface area contributed by atoms with Gasteiger partial charge in [-0.2, -0.15) is 0 Å². The van der Waals surface area contributed by atoms with Gasteiger partial charge in [-0.1, -0.05) is 35.7 Å². The molecule has 2 aromatic carbocycles. The molecule has 1 heterocycles. The smallest absolute Gasteiger partial charge is 0.339 e. The van der Waals surface area contributed by atoms with Crippen molar-refractivity contribution < 1.29 is 9.15 Å². The predicted molar refractivity (Wildman–Crippen MR) is 105 cm³/mol. The van der Waals surface area contributed by atoms with Gasteiger partial charge in [0.2, 0.25) is 0 Å². The van der Waals surface area contributed by atoms with Crippen molar-refractivity contribution in [2.75, 3.05) is 0 Å². The van der Waals surface area contributed by atoms with Crippen LogP contribution in [0.4, 0.5) is 0 Å². The number of aryl methyl sites for hydroxylation is 1. The molecule has 0 unspecified atom stereocenters. The van der Waals surface area contributed by atoms with Gasteiger partial charge in [-0.3, -0.25) is 0 Å². The van der Waals surface area contributed by atoms with Crippen molar-refractivity contribution in [2.24, 2.45) is 0 Å². The molecule has 0 saturated carbocycles. The van der Waals surface area contributed by atoms with Crippen LogP contribution < -0.4 is 10.4 Å². The summed E-state index contributed by atoms with van der Waals surface area (Å²) in [5, 5.41) is 2.17. The first-order valence-electron chi connectivity index (χ1n) is 8.77. The molecule has 1 aliphatic carbocycles. The number of rotatable bonds is 3. The van der Waals surface area contributed by atoms with Crippen LogP contribution in [0.3, 0.4) is 0 Å². The largest absolute Gasteiger partial charge is 0.489 e. The molecule has 0 spiro atoms. The quantitative estimate of drug-likeness (QED) is 0.411. The molecule has 26 heavy (non-hydrogen) atoms. The molecule has 0 N–H and O–H groups in total. The SMILES string of the molecule is O=c1oc2cc(OCc3ccc(Cl)cc3Cl)ccc2c2c1CCCCC2. The van der Waals surface area contributed by atoms with Crippen LogP contribution in [0.15, 0.2) is 45.6 Å². The maximum Gasteiger partial charge on any atom is 0.339 e. The van der Waals surface area contributed by atoms with E-state index in [0.717, 1.165) is 54.2 Å². The molecular formula is C21H18Cl2O3. The summed E-state index contributed by atoms with van der Waals surface area (Å²) in [6.07, 6.45) is 5.04. The standard InChI is InChI=1S/C21H18Cl2O3/c22-14-7-6-13(19(23)10-14)12-25-15-8-9-17-16-4-2-1-3-5-18(16)21(24)26-20(17)11-15/h6-11H,1-5,12H2. The predicted octanol–water partition coefficient (Wildman–Crippen LogP) is 5.95. The average molecular weight is 389 g/mol. The molecular weight excluding hydrogens is 371 g/mol. The monoisotopic (exact) mass is 388 g/mol. The summed E-state index contributed by atoms with van der Waals surface area (Å²) in [5.74, 6) is 0.639. The molecule has 0 atom stereocenters. The summed E-state index contributed by atoms with van der Waals surface area (Å²) in [6.45, 7) is 0.316. The Kier molecular flexibility index (Phi) is 4.92. The summed E-state index contributed by atoms with van der Waals surface area (Å²) in [5.41, 5.74) is 3.19. The van der Waals surface area contributed by atoms with Gasteiger partial charge in [0.15, 0.2) is 0 Å². The third-order valence-corrected chi connectivity index (χ3v) is 5.44.